The number of rotatable bonds is 4. The van der Waals surface area contributed by atoms with Crippen LogP contribution in [0, 0.1) is 11.8 Å². The fourth-order valence-corrected chi connectivity index (χ4v) is 3.89. The lowest BCUT2D eigenvalue weighted by molar-refractivity contribution is -0.159. The van der Waals surface area contributed by atoms with E-state index in [0.29, 0.717) is 11.8 Å². The topological polar surface area (TPSA) is 107 Å². The van der Waals surface area contributed by atoms with Gasteiger partial charge in [-0.15, -0.1) is 0 Å². The van der Waals surface area contributed by atoms with Crippen molar-refractivity contribution in [2.24, 2.45) is 11.8 Å². The predicted octanol–water partition coefficient (Wildman–Crippen LogP) is 3.81. The van der Waals surface area contributed by atoms with Crippen LogP contribution in [0.2, 0.25) is 0 Å². The Morgan fingerprint density at radius 1 is 0.903 bits per heavy atom. The molecule has 2 aromatic rings. The van der Waals surface area contributed by atoms with Gasteiger partial charge < -0.3 is 15.5 Å². The average molecular weight is 427 g/mol. The summed E-state index contributed by atoms with van der Waals surface area (Å²) < 4.78 is 0. The van der Waals surface area contributed by atoms with Crippen molar-refractivity contribution in [2.45, 2.75) is 33.2 Å². The number of carboxylic acid groups (broad SMARTS) is 2. The maximum Gasteiger partial charge on any atom is 0.414 e. The van der Waals surface area contributed by atoms with E-state index < -0.39 is 11.9 Å². The molecule has 7 heteroatoms. The number of hydrogen-bond donors (Lipinski definition) is 3. The van der Waals surface area contributed by atoms with Gasteiger partial charge in [-0.25, -0.2) is 9.59 Å². The molecule has 1 heterocycles. The number of likely N-dealkylation sites (tertiary alicyclic amines) is 1. The number of carbonyl (C=O) groups is 3. The third kappa shape index (κ3) is 7.22. The van der Waals surface area contributed by atoms with Crippen LogP contribution in [-0.4, -0.2) is 52.1 Å². The van der Waals surface area contributed by atoms with Crippen LogP contribution < -0.4 is 5.32 Å². The maximum absolute atomic E-state index is 12.9. The highest BCUT2D eigenvalue weighted by Crippen LogP contribution is 2.28. The van der Waals surface area contributed by atoms with Gasteiger partial charge in [-0.05, 0) is 36.8 Å². The van der Waals surface area contributed by atoms with Crippen LogP contribution in [0.4, 0.5) is 5.69 Å². The molecular weight excluding hydrogens is 396 g/mol. The third-order valence-electron chi connectivity index (χ3n) is 5.28. The van der Waals surface area contributed by atoms with Gasteiger partial charge in [-0.1, -0.05) is 62.4 Å². The van der Waals surface area contributed by atoms with Crippen LogP contribution in [0.25, 0.3) is 11.1 Å². The van der Waals surface area contributed by atoms with E-state index >= 15 is 0 Å². The molecule has 2 aromatic carbocycles. The summed E-state index contributed by atoms with van der Waals surface area (Å²) in [6.07, 6.45) is 1.25. The fourth-order valence-electron chi connectivity index (χ4n) is 3.89. The summed E-state index contributed by atoms with van der Waals surface area (Å²) in [6, 6.07) is 18.1. The molecule has 0 aromatic heterocycles. The van der Waals surface area contributed by atoms with Crippen molar-refractivity contribution in [3.63, 3.8) is 0 Å². The van der Waals surface area contributed by atoms with Crippen molar-refractivity contribution in [1.82, 2.24) is 4.90 Å². The van der Waals surface area contributed by atoms with Crippen LogP contribution in [0.5, 0.6) is 0 Å². The van der Waals surface area contributed by atoms with Crippen LogP contribution in [-0.2, 0) is 14.4 Å². The van der Waals surface area contributed by atoms with Gasteiger partial charge in [0, 0.05) is 24.3 Å². The van der Waals surface area contributed by atoms with Gasteiger partial charge in [0.1, 0.15) is 0 Å². The van der Waals surface area contributed by atoms with Crippen LogP contribution in [0.3, 0.4) is 0 Å². The van der Waals surface area contributed by atoms with E-state index in [-0.39, 0.29) is 11.9 Å². The summed E-state index contributed by atoms with van der Waals surface area (Å²) in [7, 11) is 0. The Balaban J connectivity index is 0.000000501. The Morgan fingerprint density at radius 2 is 1.42 bits per heavy atom. The summed E-state index contributed by atoms with van der Waals surface area (Å²) >= 11 is 0. The number of anilines is 1. The number of para-hydroxylation sites is 1. The van der Waals surface area contributed by atoms with E-state index in [9.17, 15) is 4.79 Å². The third-order valence-corrected chi connectivity index (χ3v) is 5.28. The van der Waals surface area contributed by atoms with Gasteiger partial charge in [0.15, 0.2) is 0 Å². The Labute approximate surface area is 182 Å². The highest BCUT2D eigenvalue weighted by atomic mass is 16.4. The van der Waals surface area contributed by atoms with E-state index in [1.165, 1.54) is 6.42 Å². The molecular formula is C24H30N2O5. The monoisotopic (exact) mass is 426 g/mol. The molecule has 0 radical (unpaired) electrons. The summed E-state index contributed by atoms with van der Waals surface area (Å²) in [4.78, 5) is 33.4. The van der Waals surface area contributed by atoms with Crippen LogP contribution in [0.15, 0.2) is 54.6 Å². The number of hydrogen-bond acceptors (Lipinski definition) is 4. The number of piperidine rings is 1. The SMILES string of the molecule is CC1CC(C)CN(C(C)C(=O)Nc2ccccc2-c2ccccc2)C1.O=C(O)C(=O)O. The van der Waals surface area contributed by atoms with E-state index in [1.807, 2.05) is 43.3 Å². The van der Waals surface area contributed by atoms with Crippen molar-refractivity contribution >= 4 is 23.5 Å². The number of nitrogens with one attached hydrogen (secondary N) is 1. The van der Waals surface area contributed by atoms with E-state index in [1.54, 1.807) is 0 Å². The predicted molar refractivity (Wildman–Crippen MR) is 120 cm³/mol. The van der Waals surface area contributed by atoms with Crippen molar-refractivity contribution in [3.05, 3.63) is 54.6 Å². The molecule has 1 aliphatic heterocycles. The zero-order valence-electron chi connectivity index (χ0n) is 18.1. The molecule has 7 nitrogen and oxygen atoms in total. The largest absolute Gasteiger partial charge is 0.473 e. The number of benzene rings is 2. The minimum absolute atomic E-state index is 0.0738. The Kier molecular flexibility index (Phi) is 8.75. The maximum atomic E-state index is 12.9. The number of carbonyl (C=O) groups excluding carboxylic acids is 1. The van der Waals surface area contributed by atoms with E-state index in [2.05, 4.69) is 42.3 Å². The minimum atomic E-state index is -1.82. The minimum Gasteiger partial charge on any atom is -0.473 e. The second-order valence-electron chi connectivity index (χ2n) is 8.09. The van der Waals surface area contributed by atoms with Gasteiger partial charge in [0.05, 0.1) is 6.04 Å². The lowest BCUT2D eigenvalue weighted by Gasteiger charge is -2.38. The van der Waals surface area contributed by atoms with Crippen LogP contribution in [0.1, 0.15) is 27.2 Å². The first kappa shape index (κ1) is 24.1. The molecule has 1 aliphatic rings. The average Bonchev–Trinajstić information content (AvgIpc) is 2.74. The molecule has 1 saturated heterocycles. The van der Waals surface area contributed by atoms with Gasteiger partial charge in [0.2, 0.25) is 5.91 Å². The molecule has 3 rings (SSSR count). The normalized spacial score (nSPS) is 19.5. The zero-order chi connectivity index (χ0) is 23.0. The zero-order valence-corrected chi connectivity index (χ0v) is 18.1. The fraction of sp³-hybridized carbons (Fsp3) is 0.375. The van der Waals surface area contributed by atoms with Crippen molar-refractivity contribution in [1.29, 1.82) is 0 Å². The standard InChI is InChI=1S/C22H28N2O.C2H2O4/c1-16-13-17(2)15-24(14-16)18(3)22(25)23-21-12-8-7-11-20(21)19-9-5-4-6-10-19;3-1(4)2(5)6/h4-12,16-18H,13-15H2,1-3H3,(H,23,25);(H,3,4)(H,5,6). The molecule has 31 heavy (non-hydrogen) atoms. The number of carboxylic acids is 2. The van der Waals surface area contributed by atoms with Gasteiger partial charge in [-0.3, -0.25) is 9.69 Å². The number of amides is 1. The second-order valence-corrected chi connectivity index (χ2v) is 8.09. The smallest absolute Gasteiger partial charge is 0.414 e. The highest BCUT2D eigenvalue weighted by Gasteiger charge is 2.29. The molecule has 1 fully saturated rings. The summed E-state index contributed by atoms with van der Waals surface area (Å²) in [5, 5.41) is 17.9. The first-order valence-corrected chi connectivity index (χ1v) is 10.3. The molecule has 3 atom stereocenters. The Bertz CT molecular complexity index is 878. The molecule has 3 unspecified atom stereocenters. The first-order chi connectivity index (χ1) is 14.7. The molecule has 3 N–H and O–H groups in total. The molecule has 0 saturated carbocycles. The molecule has 1 amide bonds. The van der Waals surface area contributed by atoms with Gasteiger partial charge >= 0.3 is 11.9 Å². The summed E-state index contributed by atoms with van der Waals surface area (Å²) in [5.74, 6) is -2.28. The van der Waals surface area contributed by atoms with Crippen molar-refractivity contribution in [3.8, 4) is 11.1 Å². The summed E-state index contributed by atoms with van der Waals surface area (Å²) in [6.45, 7) is 8.57. The van der Waals surface area contributed by atoms with Crippen LogP contribution >= 0.6 is 0 Å². The van der Waals surface area contributed by atoms with E-state index in [0.717, 1.165) is 29.9 Å². The van der Waals surface area contributed by atoms with Crippen molar-refractivity contribution < 1.29 is 24.6 Å². The molecule has 0 spiro atoms. The van der Waals surface area contributed by atoms with Gasteiger partial charge in [0.25, 0.3) is 0 Å². The quantitative estimate of drug-likeness (QED) is 0.642. The molecule has 166 valence electrons. The number of nitrogens with zero attached hydrogens (tertiary/aromatic N) is 1. The number of aliphatic carboxylic acids is 2. The summed E-state index contributed by atoms with van der Waals surface area (Å²) in [5.41, 5.74) is 3.05. The molecule has 0 bridgehead atoms. The lowest BCUT2D eigenvalue weighted by Crippen LogP contribution is -2.48. The van der Waals surface area contributed by atoms with Crippen molar-refractivity contribution in [2.75, 3.05) is 18.4 Å². The Hall–Kier alpha value is -3.19. The van der Waals surface area contributed by atoms with Gasteiger partial charge in [-0.2, -0.15) is 0 Å². The van der Waals surface area contributed by atoms with E-state index in [4.69, 9.17) is 19.8 Å². The molecule has 0 aliphatic carbocycles. The first-order valence-electron chi connectivity index (χ1n) is 10.3. The lowest BCUT2D eigenvalue weighted by atomic mass is 9.91. The Morgan fingerprint density at radius 3 is 1.97 bits per heavy atom. The second kappa shape index (κ2) is 11.3. The highest BCUT2D eigenvalue weighted by molar-refractivity contribution is 6.27.